The molecule has 4 nitrogen and oxygen atoms in total. The maximum Gasteiger partial charge on any atom is 0.272 e. The Balaban J connectivity index is 1.82. The van der Waals surface area contributed by atoms with Gasteiger partial charge >= 0.3 is 0 Å². The number of amides is 1. The van der Waals surface area contributed by atoms with Gasteiger partial charge in [0, 0.05) is 5.56 Å². The van der Waals surface area contributed by atoms with Gasteiger partial charge in [0.25, 0.3) is 15.9 Å². The van der Waals surface area contributed by atoms with Crippen molar-refractivity contribution in [3.05, 3.63) is 119 Å². The second-order valence-electron chi connectivity index (χ2n) is 8.05. The van der Waals surface area contributed by atoms with E-state index in [-0.39, 0.29) is 4.90 Å². The number of carbonyl (C=O) groups is 1. The zero-order valence-electron chi connectivity index (χ0n) is 18.8. The number of benzene rings is 4. The first-order chi connectivity index (χ1) is 15.8. The largest absolute Gasteiger partial charge is 0.272 e. The van der Waals surface area contributed by atoms with Crippen LogP contribution in [-0.4, -0.2) is 14.3 Å². The molecule has 0 saturated carbocycles. The van der Waals surface area contributed by atoms with Gasteiger partial charge in [0.2, 0.25) is 0 Å². The van der Waals surface area contributed by atoms with Gasteiger partial charge in [0.1, 0.15) is 0 Å². The van der Waals surface area contributed by atoms with Crippen molar-refractivity contribution in [3.8, 4) is 11.1 Å². The molecule has 0 aliphatic heterocycles. The van der Waals surface area contributed by atoms with E-state index < -0.39 is 15.9 Å². The number of aryl methyl sites for hydroxylation is 2. The molecule has 0 bridgehead atoms. The summed E-state index contributed by atoms with van der Waals surface area (Å²) in [5.41, 5.74) is 5.21. The monoisotopic (exact) mass is 455 g/mol. The summed E-state index contributed by atoms with van der Waals surface area (Å²) in [6.45, 7) is 5.61. The lowest BCUT2D eigenvalue weighted by atomic mass is 10.0. The van der Waals surface area contributed by atoms with E-state index in [0.717, 1.165) is 32.1 Å². The molecule has 0 atom stereocenters. The van der Waals surface area contributed by atoms with Crippen LogP contribution in [0, 0.1) is 20.8 Å². The van der Waals surface area contributed by atoms with Crippen molar-refractivity contribution in [3.63, 3.8) is 0 Å². The molecule has 4 aromatic rings. The number of carbonyl (C=O) groups excluding carboxylic acids is 1. The van der Waals surface area contributed by atoms with Gasteiger partial charge in [-0.25, -0.2) is 8.42 Å². The molecule has 4 aromatic carbocycles. The van der Waals surface area contributed by atoms with E-state index in [0.29, 0.717) is 11.3 Å². The molecular formula is C28H25NO3S. The van der Waals surface area contributed by atoms with Crippen molar-refractivity contribution < 1.29 is 13.2 Å². The van der Waals surface area contributed by atoms with Crippen molar-refractivity contribution in [2.24, 2.45) is 0 Å². The van der Waals surface area contributed by atoms with Crippen LogP contribution in [0.2, 0.25) is 0 Å². The minimum atomic E-state index is -4.14. The lowest BCUT2D eigenvalue weighted by Gasteiger charge is -2.25. The van der Waals surface area contributed by atoms with Crippen LogP contribution in [-0.2, 0) is 10.0 Å². The van der Waals surface area contributed by atoms with Gasteiger partial charge in [-0.1, -0.05) is 72.3 Å². The summed E-state index contributed by atoms with van der Waals surface area (Å²) >= 11 is 0. The number of nitrogens with zero attached hydrogens (tertiary/aromatic N) is 1. The van der Waals surface area contributed by atoms with Crippen molar-refractivity contribution in [2.45, 2.75) is 25.7 Å². The fourth-order valence-corrected chi connectivity index (χ4v) is 5.14. The van der Waals surface area contributed by atoms with Crippen LogP contribution in [0.25, 0.3) is 11.1 Å². The summed E-state index contributed by atoms with van der Waals surface area (Å²) < 4.78 is 28.4. The average Bonchev–Trinajstić information content (AvgIpc) is 2.83. The van der Waals surface area contributed by atoms with Crippen molar-refractivity contribution >= 4 is 21.6 Å². The highest BCUT2D eigenvalue weighted by atomic mass is 32.2. The Morgan fingerprint density at radius 1 is 0.667 bits per heavy atom. The Hall–Kier alpha value is -3.70. The third kappa shape index (κ3) is 4.45. The average molecular weight is 456 g/mol. The molecule has 1 amide bonds. The van der Waals surface area contributed by atoms with Gasteiger partial charge < -0.3 is 0 Å². The van der Waals surface area contributed by atoms with Crippen LogP contribution < -0.4 is 4.31 Å². The van der Waals surface area contributed by atoms with Crippen LogP contribution in [0.4, 0.5) is 5.69 Å². The van der Waals surface area contributed by atoms with Gasteiger partial charge in [-0.15, -0.1) is 0 Å². The molecule has 0 aromatic heterocycles. The van der Waals surface area contributed by atoms with E-state index in [9.17, 15) is 13.2 Å². The van der Waals surface area contributed by atoms with Crippen LogP contribution in [0.3, 0.4) is 0 Å². The normalized spacial score (nSPS) is 11.2. The quantitative estimate of drug-likeness (QED) is 0.354. The van der Waals surface area contributed by atoms with E-state index in [1.807, 2.05) is 69.3 Å². The molecule has 0 N–H and O–H groups in total. The fourth-order valence-electron chi connectivity index (χ4n) is 3.67. The second kappa shape index (κ2) is 9.04. The smallest absolute Gasteiger partial charge is 0.268 e. The number of sulfonamides is 1. The van der Waals surface area contributed by atoms with Gasteiger partial charge in [-0.2, -0.15) is 4.31 Å². The van der Waals surface area contributed by atoms with E-state index >= 15 is 0 Å². The van der Waals surface area contributed by atoms with E-state index in [4.69, 9.17) is 0 Å². The molecule has 5 heteroatoms. The Bertz CT molecular complexity index is 1390. The zero-order chi connectivity index (χ0) is 23.6. The SMILES string of the molecule is Cc1ccc(S(=O)(=O)N(C(=O)c2ccc(-c3ccccc3)cc2)c2cccc(C)c2C)cc1. The molecule has 0 heterocycles. The Labute approximate surface area is 195 Å². The first-order valence-electron chi connectivity index (χ1n) is 10.7. The maximum absolute atomic E-state index is 13.7. The van der Waals surface area contributed by atoms with E-state index in [2.05, 4.69) is 0 Å². The second-order valence-corrected chi connectivity index (χ2v) is 9.84. The molecular weight excluding hydrogens is 430 g/mol. The van der Waals surface area contributed by atoms with Gasteiger partial charge in [-0.3, -0.25) is 4.79 Å². The summed E-state index contributed by atoms with van der Waals surface area (Å²) in [6.07, 6.45) is 0. The highest BCUT2D eigenvalue weighted by Crippen LogP contribution is 2.31. The Kier molecular flexibility index (Phi) is 6.16. The standard InChI is InChI=1S/C28H25NO3S/c1-20-12-18-26(19-13-20)33(31,32)29(27-11-7-8-21(2)22(27)3)28(30)25-16-14-24(15-17-25)23-9-5-4-6-10-23/h4-19H,1-3H3. The van der Waals surface area contributed by atoms with Crippen molar-refractivity contribution in [1.82, 2.24) is 0 Å². The number of rotatable bonds is 5. The van der Waals surface area contributed by atoms with E-state index in [1.165, 1.54) is 12.1 Å². The molecule has 0 saturated heterocycles. The number of hydrogen-bond donors (Lipinski definition) is 0. The molecule has 0 spiro atoms. The lowest BCUT2D eigenvalue weighted by molar-refractivity contribution is 0.100. The summed E-state index contributed by atoms with van der Waals surface area (Å²) in [7, 11) is -4.14. The van der Waals surface area contributed by atoms with Crippen molar-refractivity contribution in [2.75, 3.05) is 4.31 Å². The predicted molar refractivity (Wildman–Crippen MR) is 133 cm³/mol. The molecule has 33 heavy (non-hydrogen) atoms. The van der Waals surface area contributed by atoms with E-state index in [1.54, 1.807) is 36.4 Å². The number of hydrogen-bond acceptors (Lipinski definition) is 3. The molecule has 0 aliphatic carbocycles. The summed E-state index contributed by atoms with van der Waals surface area (Å²) in [5, 5.41) is 0. The predicted octanol–water partition coefficient (Wildman–Crippen LogP) is 6.31. The molecule has 0 unspecified atom stereocenters. The minimum absolute atomic E-state index is 0.0725. The minimum Gasteiger partial charge on any atom is -0.268 e. The van der Waals surface area contributed by atoms with Gasteiger partial charge in [0.15, 0.2) is 0 Å². The molecule has 166 valence electrons. The lowest BCUT2D eigenvalue weighted by Crippen LogP contribution is -2.37. The molecule has 0 aliphatic rings. The van der Waals surface area contributed by atoms with Crippen molar-refractivity contribution in [1.29, 1.82) is 0 Å². The summed E-state index contributed by atoms with van der Waals surface area (Å²) in [4.78, 5) is 13.8. The Morgan fingerprint density at radius 2 is 1.27 bits per heavy atom. The van der Waals surface area contributed by atoms with Gasteiger partial charge in [0.05, 0.1) is 10.6 Å². The topological polar surface area (TPSA) is 54.5 Å². The molecule has 0 fully saturated rings. The molecule has 4 rings (SSSR count). The first-order valence-corrected chi connectivity index (χ1v) is 12.1. The third-order valence-corrected chi connectivity index (χ3v) is 7.49. The highest BCUT2D eigenvalue weighted by molar-refractivity contribution is 7.93. The third-order valence-electron chi connectivity index (χ3n) is 5.78. The van der Waals surface area contributed by atoms with Crippen LogP contribution >= 0.6 is 0 Å². The van der Waals surface area contributed by atoms with Crippen LogP contribution in [0.15, 0.2) is 102 Å². The first kappa shape index (κ1) is 22.5. The van der Waals surface area contributed by atoms with Crippen LogP contribution in [0.5, 0.6) is 0 Å². The van der Waals surface area contributed by atoms with Crippen LogP contribution in [0.1, 0.15) is 27.0 Å². The zero-order valence-corrected chi connectivity index (χ0v) is 19.6. The maximum atomic E-state index is 13.7. The fraction of sp³-hybridized carbons (Fsp3) is 0.107. The highest BCUT2D eigenvalue weighted by Gasteiger charge is 2.33. The summed E-state index contributed by atoms with van der Waals surface area (Å²) in [6, 6.07) is 28.7. The Morgan fingerprint density at radius 3 is 1.91 bits per heavy atom. The molecule has 0 radical (unpaired) electrons. The summed E-state index contributed by atoms with van der Waals surface area (Å²) in [5.74, 6) is -0.594. The number of anilines is 1. The van der Waals surface area contributed by atoms with Gasteiger partial charge in [-0.05, 0) is 73.4 Å².